The first kappa shape index (κ1) is 26.7. The van der Waals surface area contributed by atoms with E-state index >= 15 is 0 Å². The molecule has 1 fully saturated rings. The second kappa shape index (κ2) is 11.2. The molecule has 11 heteroatoms. The molecule has 0 spiro atoms. The highest BCUT2D eigenvalue weighted by atomic mass is 32.1. The number of benzene rings is 2. The second-order valence-electron chi connectivity index (χ2n) is 9.99. The van der Waals surface area contributed by atoms with Crippen molar-refractivity contribution in [2.45, 2.75) is 25.1 Å². The molecule has 0 radical (unpaired) electrons. The van der Waals surface area contributed by atoms with Gasteiger partial charge in [0.15, 0.2) is 5.82 Å². The summed E-state index contributed by atoms with van der Waals surface area (Å²) in [4.78, 5) is 22.9. The molecule has 2 atom stereocenters. The summed E-state index contributed by atoms with van der Waals surface area (Å²) in [5.74, 6) is 6.23. The van der Waals surface area contributed by atoms with Gasteiger partial charge in [-0.05, 0) is 48.5 Å². The maximum Gasteiger partial charge on any atom is 0.409 e. The van der Waals surface area contributed by atoms with E-state index in [0.717, 1.165) is 43.8 Å². The summed E-state index contributed by atoms with van der Waals surface area (Å²) in [5.41, 5.74) is 2.82. The van der Waals surface area contributed by atoms with Crippen LogP contribution in [0.25, 0.3) is 21.1 Å². The van der Waals surface area contributed by atoms with E-state index < -0.39 is 11.6 Å². The Morgan fingerprint density at radius 1 is 1.20 bits per heavy atom. The molecule has 3 aromatic heterocycles. The van der Waals surface area contributed by atoms with Crippen molar-refractivity contribution in [3.05, 3.63) is 83.1 Å². The van der Waals surface area contributed by atoms with Crippen LogP contribution < -0.4 is 10.6 Å². The lowest BCUT2D eigenvalue weighted by Crippen LogP contribution is -2.29. The van der Waals surface area contributed by atoms with Crippen molar-refractivity contribution in [3.8, 4) is 11.8 Å². The van der Waals surface area contributed by atoms with Crippen LogP contribution in [0.4, 0.5) is 25.1 Å². The number of rotatable bonds is 5. The van der Waals surface area contributed by atoms with Crippen molar-refractivity contribution in [1.82, 2.24) is 24.8 Å². The Bertz CT molecular complexity index is 1820. The predicted octanol–water partition coefficient (Wildman–Crippen LogP) is 5.50. The van der Waals surface area contributed by atoms with Crippen molar-refractivity contribution < 1.29 is 18.3 Å². The van der Waals surface area contributed by atoms with Crippen LogP contribution in [0.3, 0.4) is 0 Å². The Morgan fingerprint density at radius 2 is 2.07 bits per heavy atom. The van der Waals surface area contributed by atoms with Gasteiger partial charge in [0.1, 0.15) is 24.1 Å². The fraction of sp³-hybridized carbons (Fsp3) is 0.233. The number of nitrogens with zero attached hydrogens (tertiary/aromatic N) is 4. The van der Waals surface area contributed by atoms with Crippen LogP contribution in [0.1, 0.15) is 16.9 Å². The summed E-state index contributed by atoms with van der Waals surface area (Å²) in [6.45, 7) is 0.796. The highest BCUT2D eigenvalue weighted by Crippen LogP contribution is 2.32. The van der Waals surface area contributed by atoms with Gasteiger partial charge in [0.25, 0.3) is 0 Å². The van der Waals surface area contributed by atoms with Crippen LogP contribution in [-0.2, 0) is 11.3 Å². The summed E-state index contributed by atoms with van der Waals surface area (Å²) >= 11 is 1.50. The molecule has 1 aliphatic heterocycles. The van der Waals surface area contributed by atoms with Crippen LogP contribution in [0.5, 0.6) is 0 Å². The van der Waals surface area contributed by atoms with Gasteiger partial charge in [-0.25, -0.2) is 23.5 Å². The Labute approximate surface area is 239 Å². The summed E-state index contributed by atoms with van der Waals surface area (Å²) in [5, 5.41) is 7.63. The van der Waals surface area contributed by atoms with Crippen LogP contribution in [0, 0.1) is 23.5 Å². The van der Waals surface area contributed by atoms with E-state index in [0.29, 0.717) is 24.3 Å². The average Bonchev–Trinajstić information content (AvgIpc) is 3.68. The largest absolute Gasteiger partial charge is 0.445 e. The molecule has 0 saturated carbocycles. The third-order valence-corrected chi connectivity index (χ3v) is 7.83. The standard InChI is InChI=1S/C30H26F2N6O2S/c1-37(2)30(39)40-23-13-21(33-15-23)4-6-24-14-26-28(41-24)29(35-17-34-26)36-22-5-8-27-18(12-22)9-10-38(27)16-19-11-20(31)3-7-25(19)32/h3,5,7-12,14,17,21,23,33H,13,15-16H2,1-2H3,(H,34,35,36). The van der Waals surface area contributed by atoms with E-state index in [2.05, 4.69) is 32.4 Å². The third-order valence-electron chi connectivity index (χ3n) is 6.79. The molecular weight excluding hydrogens is 546 g/mol. The monoisotopic (exact) mass is 572 g/mol. The summed E-state index contributed by atoms with van der Waals surface area (Å²) < 4.78 is 36.0. The zero-order valence-electron chi connectivity index (χ0n) is 22.3. The fourth-order valence-corrected chi connectivity index (χ4v) is 5.63. The number of anilines is 2. The van der Waals surface area contributed by atoms with Gasteiger partial charge in [-0.2, -0.15) is 0 Å². The average molecular weight is 573 g/mol. The maximum atomic E-state index is 14.2. The minimum atomic E-state index is -0.463. The van der Waals surface area contributed by atoms with Crippen LogP contribution in [0.15, 0.2) is 61.1 Å². The van der Waals surface area contributed by atoms with E-state index in [4.69, 9.17) is 4.74 Å². The first-order valence-electron chi connectivity index (χ1n) is 13.0. The fourth-order valence-electron chi connectivity index (χ4n) is 4.71. The number of nitrogens with one attached hydrogen (secondary N) is 2. The molecule has 2 N–H and O–H groups in total. The number of carbonyl (C=O) groups is 1. The molecule has 1 amide bonds. The van der Waals surface area contributed by atoms with E-state index in [-0.39, 0.29) is 24.8 Å². The predicted molar refractivity (Wildman–Crippen MR) is 155 cm³/mol. The Hall–Kier alpha value is -4.53. The summed E-state index contributed by atoms with van der Waals surface area (Å²) in [7, 11) is 3.32. The quantitative estimate of drug-likeness (QED) is 0.271. The van der Waals surface area contributed by atoms with Crippen molar-refractivity contribution in [2.75, 3.05) is 26.0 Å². The van der Waals surface area contributed by atoms with Crippen molar-refractivity contribution in [2.24, 2.45) is 0 Å². The lowest BCUT2D eigenvalue weighted by Gasteiger charge is -2.15. The second-order valence-corrected chi connectivity index (χ2v) is 11.0. The van der Waals surface area contributed by atoms with Gasteiger partial charge in [0.05, 0.1) is 27.7 Å². The molecule has 1 saturated heterocycles. The van der Waals surface area contributed by atoms with Crippen LogP contribution in [0.2, 0.25) is 0 Å². The lowest BCUT2D eigenvalue weighted by molar-refractivity contribution is 0.0826. The van der Waals surface area contributed by atoms with Crippen molar-refractivity contribution in [3.63, 3.8) is 0 Å². The van der Waals surface area contributed by atoms with Gasteiger partial charge in [-0.15, -0.1) is 11.3 Å². The Kier molecular flexibility index (Phi) is 7.26. The molecule has 0 aliphatic carbocycles. The van der Waals surface area contributed by atoms with Gasteiger partial charge in [0.2, 0.25) is 0 Å². The lowest BCUT2D eigenvalue weighted by atomic mass is 10.2. The number of thiophene rings is 1. The van der Waals surface area contributed by atoms with E-state index in [9.17, 15) is 13.6 Å². The normalized spacial score (nSPS) is 16.5. The molecule has 6 rings (SSSR count). The number of halogens is 2. The number of hydrogen-bond donors (Lipinski definition) is 2. The van der Waals surface area contributed by atoms with Gasteiger partial charge in [0, 0.05) is 55.4 Å². The minimum absolute atomic E-state index is 0.0692. The highest BCUT2D eigenvalue weighted by Gasteiger charge is 2.26. The first-order valence-corrected chi connectivity index (χ1v) is 13.8. The van der Waals surface area contributed by atoms with Gasteiger partial charge in [-0.3, -0.25) is 5.32 Å². The third kappa shape index (κ3) is 5.84. The first-order chi connectivity index (χ1) is 19.8. The Morgan fingerprint density at radius 3 is 2.93 bits per heavy atom. The molecule has 41 heavy (non-hydrogen) atoms. The number of aromatic nitrogens is 3. The highest BCUT2D eigenvalue weighted by molar-refractivity contribution is 7.20. The van der Waals surface area contributed by atoms with Gasteiger partial charge >= 0.3 is 6.09 Å². The SMILES string of the molecule is CN(C)C(=O)OC1CNC(C#Cc2cc3ncnc(Nc4ccc5c(ccn5Cc5cc(F)ccc5F)c4)c3s2)C1. The Balaban J connectivity index is 1.17. The molecule has 2 unspecified atom stereocenters. The van der Waals surface area contributed by atoms with E-state index in [1.54, 1.807) is 14.1 Å². The van der Waals surface area contributed by atoms with E-state index in [1.165, 1.54) is 28.6 Å². The molecule has 0 bridgehead atoms. The van der Waals surface area contributed by atoms with Gasteiger partial charge in [-0.1, -0.05) is 11.8 Å². The molecule has 1 aliphatic rings. The van der Waals surface area contributed by atoms with Crippen LogP contribution in [-0.4, -0.2) is 58.3 Å². The zero-order chi connectivity index (χ0) is 28.5. The summed E-state index contributed by atoms with van der Waals surface area (Å²) in [6, 6.07) is 13.2. The number of fused-ring (bicyclic) bond motifs is 2. The molecule has 208 valence electrons. The maximum absolute atomic E-state index is 14.2. The van der Waals surface area contributed by atoms with Gasteiger partial charge < -0.3 is 19.5 Å². The van der Waals surface area contributed by atoms with Crippen LogP contribution >= 0.6 is 11.3 Å². The molecule has 5 aromatic rings. The smallest absolute Gasteiger partial charge is 0.409 e. The summed E-state index contributed by atoms with van der Waals surface area (Å²) in [6.07, 6.45) is 3.44. The molecule has 2 aromatic carbocycles. The van der Waals surface area contributed by atoms with Crippen molar-refractivity contribution >= 4 is 50.1 Å². The molecular formula is C30H26F2N6O2S. The minimum Gasteiger partial charge on any atom is -0.445 e. The number of carbonyl (C=O) groups excluding carboxylic acids is 1. The topological polar surface area (TPSA) is 84.3 Å². The van der Waals surface area contributed by atoms with Crippen molar-refractivity contribution in [1.29, 1.82) is 0 Å². The molecule has 8 nitrogen and oxygen atoms in total. The zero-order valence-corrected chi connectivity index (χ0v) is 23.1. The van der Waals surface area contributed by atoms with E-state index in [1.807, 2.05) is 41.1 Å². The number of hydrogen-bond acceptors (Lipinski definition) is 7. The number of ether oxygens (including phenoxy) is 1. The molecule has 4 heterocycles. The number of amides is 1.